The summed E-state index contributed by atoms with van der Waals surface area (Å²) in [5.41, 5.74) is 0. The van der Waals surface area contributed by atoms with Gasteiger partial charge in [-0.3, -0.25) is 9.97 Å². The Bertz CT molecular complexity index is 577. The Morgan fingerprint density at radius 2 is 0.375 bits per heavy atom. The average molecular weight is 552 g/mol. The molecule has 5 rings (SSSR count). The van der Waals surface area contributed by atoms with Gasteiger partial charge >= 0.3 is 0 Å². The highest BCUT2D eigenvalue weighted by atomic mass is 14.9. The van der Waals surface area contributed by atoms with E-state index in [1.54, 1.807) is 80.2 Å². The van der Waals surface area contributed by atoms with Crippen molar-refractivity contribution < 1.29 is 0 Å². The standard InChI is InChI=1S/4C4H4N2.C3H3N3.5C2H6/c1-2-6-4-3-5-1;3*1-2-5-4-6-3-1;1-4-2-6-3-5-1;5*1-2/h4*1-4H;1-3H;5*1-2H3. The molecule has 0 atom stereocenters. The van der Waals surface area contributed by atoms with Gasteiger partial charge in [0.05, 0.1) is 0 Å². The molecule has 0 spiro atoms. The molecule has 0 saturated heterocycles. The summed E-state index contributed by atoms with van der Waals surface area (Å²) in [7, 11) is 0. The third kappa shape index (κ3) is 54.3. The Balaban J connectivity index is -0.000000118. The van der Waals surface area contributed by atoms with Crippen LogP contribution < -0.4 is 0 Å². The van der Waals surface area contributed by atoms with Gasteiger partial charge in [-0.15, -0.1) is 0 Å². The Morgan fingerprint density at radius 1 is 0.200 bits per heavy atom. The van der Waals surface area contributed by atoms with Gasteiger partial charge in [-0.2, -0.15) is 0 Å². The van der Waals surface area contributed by atoms with Crippen LogP contribution in [-0.4, -0.2) is 54.8 Å². The van der Waals surface area contributed by atoms with Crippen LogP contribution in [0.2, 0.25) is 0 Å². The molecule has 5 aromatic heterocycles. The van der Waals surface area contributed by atoms with Gasteiger partial charge in [0.2, 0.25) is 0 Å². The second-order valence-corrected chi connectivity index (χ2v) is 4.40. The van der Waals surface area contributed by atoms with Crippen LogP contribution in [-0.2, 0) is 0 Å². The van der Waals surface area contributed by atoms with Crippen LogP contribution in [0.3, 0.4) is 0 Å². The molecule has 0 aliphatic rings. The first-order valence-corrected chi connectivity index (χ1v) is 13.3. The van der Waals surface area contributed by atoms with Gasteiger partial charge in [0.25, 0.3) is 0 Å². The lowest BCUT2D eigenvalue weighted by Gasteiger charge is -1.70. The zero-order valence-electron chi connectivity index (χ0n) is 25.9. The monoisotopic (exact) mass is 551 g/mol. The zero-order chi connectivity index (χ0) is 31.2. The first kappa shape index (κ1) is 45.3. The fraction of sp³-hybridized carbons (Fsp3) is 0.345. The minimum Gasteiger partial charge on any atom is -0.262 e. The van der Waals surface area contributed by atoms with Gasteiger partial charge in [-0.1, -0.05) is 69.2 Å². The van der Waals surface area contributed by atoms with Crippen molar-refractivity contribution >= 4 is 0 Å². The van der Waals surface area contributed by atoms with E-state index in [0.29, 0.717) is 0 Å². The first-order chi connectivity index (χ1) is 20.0. The van der Waals surface area contributed by atoms with Crippen molar-refractivity contribution in [3.63, 3.8) is 0 Å². The predicted octanol–water partition coefficient (Wildman–Crippen LogP) is 6.91. The molecule has 220 valence electrons. The number of hydrogen-bond acceptors (Lipinski definition) is 11. The molecular weight excluding hydrogens is 502 g/mol. The van der Waals surface area contributed by atoms with E-state index in [2.05, 4.69) is 54.8 Å². The van der Waals surface area contributed by atoms with Gasteiger partial charge in [-0.25, -0.2) is 44.9 Å². The summed E-state index contributed by atoms with van der Waals surface area (Å²) < 4.78 is 0. The Morgan fingerprint density at radius 3 is 0.450 bits per heavy atom. The molecule has 0 aliphatic heterocycles. The van der Waals surface area contributed by atoms with E-state index in [-0.39, 0.29) is 0 Å². The Labute approximate surface area is 242 Å². The van der Waals surface area contributed by atoms with Crippen LogP contribution in [0.5, 0.6) is 0 Å². The summed E-state index contributed by atoms with van der Waals surface area (Å²) in [6.07, 6.45) is 25.5. The topological polar surface area (TPSA) is 142 Å². The summed E-state index contributed by atoms with van der Waals surface area (Å²) in [5, 5.41) is 0. The van der Waals surface area contributed by atoms with Crippen LogP contribution in [0.1, 0.15) is 69.2 Å². The summed E-state index contributed by atoms with van der Waals surface area (Å²) in [4.78, 5) is 40.2. The van der Waals surface area contributed by atoms with Crippen molar-refractivity contribution in [2.45, 2.75) is 69.2 Å². The number of rotatable bonds is 0. The van der Waals surface area contributed by atoms with Gasteiger partial charge in [0.1, 0.15) is 38.0 Å². The fourth-order valence-electron chi connectivity index (χ4n) is 1.22. The van der Waals surface area contributed by atoms with E-state index in [4.69, 9.17) is 0 Å². The summed E-state index contributed by atoms with van der Waals surface area (Å²) in [6.45, 7) is 20.0. The normalized spacial score (nSPS) is 6.75. The minimum atomic E-state index is 1.44. The highest BCUT2D eigenvalue weighted by Crippen LogP contribution is 1.68. The molecule has 0 radical (unpaired) electrons. The van der Waals surface area contributed by atoms with Crippen molar-refractivity contribution in [1.29, 1.82) is 0 Å². The van der Waals surface area contributed by atoms with Gasteiger partial charge in [-0.05, 0) is 18.2 Å². The molecule has 40 heavy (non-hydrogen) atoms. The molecule has 0 amide bonds. The Kier molecular flexibility index (Phi) is 67.3. The van der Waals surface area contributed by atoms with Crippen LogP contribution in [0.15, 0.2) is 118 Å². The lowest BCUT2D eigenvalue weighted by atomic mass is 10.7. The second kappa shape index (κ2) is 59.4. The first-order valence-electron chi connectivity index (χ1n) is 13.3. The van der Waals surface area contributed by atoms with Gasteiger partial charge in [0, 0.05) is 62.0 Å². The number of hydrogen-bond donors (Lipinski definition) is 0. The van der Waals surface area contributed by atoms with Crippen molar-refractivity contribution in [3.8, 4) is 0 Å². The maximum Gasteiger partial charge on any atom is 0.119 e. The van der Waals surface area contributed by atoms with Crippen LogP contribution >= 0.6 is 0 Å². The molecule has 0 bridgehead atoms. The third-order valence-electron chi connectivity index (χ3n) is 2.31. The molecule has 0 N–H and O–H groups in total. The fourth-order valence-corrected chi connectivity index (χ4v) is 1.22. The average Bonchev–Trinajstić information content (AvgIpc) is 3.14. The van der Waals surface area contributed by atoms with Crippen molar-refractivity contribution in [3.05, 3.63) is 118 Å². The van der Waals surface area contributed by atoms with Crippen LogP contribution in [0.25, 0.3) is 0 Å². The number of aromatic nitrogens is 11. The maximum atomic E-state index is 3.72. The van der Waals surface area contributed by atoms with Crippen molar-refractivity contribution in [1.82, 2.24) is 54.8 Å². The van der Waals surface area contributed by atoms with Gasteiger partial charge in [0.15, 0.2) is 0 Å². The molecule has 11 heteroatoms. The largest absolute Gasteiger partial charge is 0.262 e. The molecular formula is C29H49N11. The molecule has 0 fully saturated rings. The summed E-state index contributed by atoms with van der Waals surface area (Å²) in [5.74, 6) is 0. The quantitative estimate of drug-likeness (QED) is 0.198. The molecule has 5 aromatic rings. The summed E-state index contributed by atoms with van der Waals surface area (Å²) in [6, 6.07) is 5.33. The lowest BCUT2D eigenvalue weighted by molar-refractivity contribution is 1.05. The highest BCUT2D eigenvalue weighted by molar-refractivity contribution is 4.75. The van der Waals surface area contributed by atoms with E-state index in [1.165, 1.54) is 38.0 Å². The van der Waals surface area contributed by atoms with E-state index in [1.807, 2.05) is 69.2 Å². The molecule has 11 nitrogen and oxygen atoms in total. The predicted molar refractivity (Wildman–Crippen MR) is 165 cm³/mol. The molecule has 0 saturated carbocycles. The van der Waals surface area contributed by atoms with E-state index >= 15 is 0 Å². The summed E-state index contributed by atoms with van der Waals surface area (Å²) >= 11 is 0. The lowest BCUT2D eigenvalue weighted by Crippen LogP contribution is -1.73. The highest BCUT2D eigenvalue weighted by Gasteiger charge is 1.61. The second-order valence-electron chi connectivity index (χ2n) is 4.40. The maximum absolute atomic E-state index is 3.72. The van der Waals surface area contributed by atoms with Crippen LogP contribution in [0.4, 0.5) is 0 Å². The molecule has 0 aromatic carbocycles. The van der Waals surface area contributed by atoms with Gasteiger partial charge < -0.3 is 0 Å². The van der Waals surface area contributed by atoms with E-state index in [9.17, 15) is 0 Å². The smallest absolute Gasteiger partial charge is 0.119 e. The van der Waals surface area contributed by atoms with Crippen LogP contribution in [0, 0.1) is 0 Å². The van der Waals surface area contributed by atoms with E-state index < -0.39 is 0 Å². The van der Waals surface area contributed by atoms with Crippen molar-refractivity contribution in [2.24, 2.45) is 0 Å². The number of nitrogens with zero attached hydrogens (tertiary/aromatic N) is 11. The molecule has 0 unspecified atom stereocenters. The SMILES string of the molecule is CC.CC.CC.CC.CC.c1cnccn1.c1cncnc1.c1cncnc1.c1cncnc1.c1ncncn1. The van der Waals surface area contributed by atoms with Crippen molar-refractivity contribution in [2.75, 3.05) is 0 Å². The van der Waals surface area contributed by atoms with E-state index in [0.717, 1.165) is 0 Å². The third-order valence-corrected chi connectivity index (χ3v) is 2.31. The zero-order valence-corrected chi connectivity index (χ0v) is 25.9. The molecule has 0 aliphatic carbocycles. The minimum absolute atomic E-state index is 1.44. The molecule has 5 heterocycles. The Hall–Kier alpha value is -4.67.